The molecule has 1 spiro atoms. The highest BCUT2D eigenvalue weighted by Gasteiger charge is 2.67. The average molecular weight is 364 g/mol. The second-order valence-corrected chi connectivity index (χ2v) is 8.82. The molecule has 2 aliphatic carbocycles. The molecule has 2 fully saturated rings. The van der Waals surface area contributed by atoms with Crippen LogP contribution < -0.4 is 0 Å². The van der Waals surface area contributed by atoms with E-state index in [-0.39, 0.29) is 25.0 Å². The lowest BCUT2D eigenvalue weighted by Gasteiger charge is -2.25. The molecule has 4 nitrogen and oxygen atoms in total. The van der Waals surface area contributed by atoms with Gasteiger partial charge in [-0.25, -0.2) is 0 Å². The van der Waals surface area contributed by atoms with E-state index in [4.69, 9.17) is 4.74 Å². The lowest BCUT2D eigenvalue weighted by molar-refractivity contribution is -0.146. The molecular formula is C14H15F3N2O2S2. The fourth-order valence-corrected chi connectivity index (χ4v) is 7.48. The quantitative estimate of drug-likeness (QED) is 0.771. The van der Waals surface area contributed by atoms with Gasteiger partial charge in [-0.15, -0.1) is 23.5 Å². The van der Waals surface area contributed by atoms with Crippen molar-refractivity contribution in [3.05, 3.63) is 17.0 Å². The Kier molecular flexibility index (Phi) is 3.46. The summed E-state index contributed by atoms with van der Waals surface area (Å²) in [5.74, 6) is 1.50. The molecule has 2 atom stereocenters. The summed E-state index contributed by atoms with van der Waals surface area (Å²) in [6.45, 7) is 1.63. The maximum Gasteiger partial charge on any atom is 0.435 e. The fourth-order valence-electron chi connectivity index (χ4n) is 3.73. The minimum atomic E-state index is -4.50. The topological polar surface area (TPSA) is 44.1 Å². The first kappa shape index (κ1) is 15.7. The van der Waals surface area contributed by atoms with Crippen LogP contribution in [0.25, 0.3) is 0 Å². The highest BCUT2D eigenvalue weighted by atomic mass is 32.2. The van der Waals surface area contributed by atoms with E-state index < -0.39 is 21.9 Å². The van der Waals surface area contributed by atoms with Gasteiger partial charge in [-0.1, -0.05) is 0 Å². The monoisotopic (exact) mass is 364 g/mol. The summed E-state index contributed by atoms with van der Waals surface area (Å²) >= 11 is 3.22. The van der Waals surface area contributed by atoms with E-state index in [1.165, 1.54) is 4.68 Å². The Balaban J connectivity index is 1.81. The first-order valence-corrected chi connectivity index (χ1v) is 9.47. The van der Waals surface area contributed by atoms with E-state index in [2.05, 4.69) is 5.10 Å². The Hall–Kier alpha value is -0.830. The van der Waals surface area contributed by atoms with Gasteiger partial charge in [0.05, 0.1) is 10.7 Å². The van der Waals surface area contributed by atoms with Crippen LogP contribution in [0.2, 0.25) is 0 Å². The summed E-state index contributed by atoms with van der Waals surface area (Å²) in [6, 6.07) is 0. The largest absolute Gasteiger partial charge is 0.465 e. The van der Waals surface area contributed by atoms with Crippen LogP contribution in [0, 0.1) is 5.92 Å². The van der Waals surface area contributed by atoms with Crippen molar-refractivity contribution in [2.75, 3.05) is 18.1 Å². The molecule has 1 aromatic rings. The highest BCUT2D eigenvalue weighted by Crippen LogP contribution is 2.76. The Morgan fingerprint density at radius 1 is 1.43 bits per heavy atom. The van der Waals surface area contributed by atoms with Crippen LogP contribution in [0.4, 0.5) is 13.2 Å². The number of aromatic nitrogens is 2. The predicted molar refractivity (Wildman–Crippen MR) is 81.3 cm³/mol. The number of fused-ring (bicyclic) bond motifs is 5. The molecule has 2 unspecified atom stereocenters. The molecule has 1 aromatic heterocycles. The summed E-state index contributed by atoms with van der Waals surface area (Å²) in [6.07, 6.45) is -3.61. The predicted octanol–water partition coefficient (Wildman–Crippen LogP) is 3.21. The normalized spacial score (nSPS) is 27.1. The van der Waals surface area contributed by atoms with Crippen molar-refractivity contribution in [1.29, 1.82) is 0 Å². The number of halogens is 3. The third kappa shape index (κ3) is 2.22. The molecule has 0 radical (unpaired) electrons. The zero-order chi connectivity index (χ0) is 16.4. The van der Waals surface area contributed by atoms with Crippen molar-refractivity contribution in [3.63, 3.8) is 0 Å². The molecule has 0 bridgehead atoms. The standard InChI is InChI=1S/C14H15F3N2O2S2/c1-2-21-9(20)6-19-11-7-5-8(7)13(22-3-4-23-13)10(11)12(18-19)14(15,16)17/h7-8H,2-6H2,1H3. The van der Waals surface area contributed by atoms with Gasteiger partial charge in [0, 0.05) is 28.7 Å². The number of carbonyl (C=O) groups is 1. The van der Waals surface area contributed by atoms with Crippen LogP contribution in [-0.2, 0) is 26.3 Å². The molecule has 0 amide bonds. The zero-order valence-corrected chi connectivity index (χ0v) is 14.0. The number of nitrogens with zero attached hydrogens (tertiary/aromatic N) is 2. The summed E-state index contributed by atoms with van der Waals surface area (Å²) in [5.41, 5.74) is 0.117. The summed E-state index contributed by atoms with van der Waals surface area (Å²) in [5, 5.41) is 3.79. The average Bonchev–Trinajstić information content (AvgIpc) is 2.86. The minimum Gasteiger partial charge on any atom is -0.465 e. The summed E-state index contributed by atoms with van der Waals surface area (Å²) < 4.78 is 46.1. The summed E-state index contributed by atoms with van der Waals surface area (Å²) in [7, 11) is 0. The lowest BCUT2D eigenvalue weighted by Crippen LogP contribution is -2.20. The fraction of sp³-hybridized carbons (Fsp3) is 0.714. The molecule has 1 aliphatic heterocycles. The van der Waals surface area contributed by atoms with Crippen molar-refractivity contribution in [2.45, 2.75) is 36.1 Å². The Morgan fingerprint density at radius 2 is 2.13 bits per heavy atom. The maximum absolute atomic E-state index is 13.5. The number of rotatable bonds is 3. The Morgan fingerprint density at radius 3 is 2.74 bits per heavy atom. The van der Waals surface area contributed by atoms with Gasteiger partial charge in [0.15, 0.2) is 5.69 Å². The second kappa shape index (κ2) is 5.08. The van der Waals surface area contributed by atoms with Crippen LogP contribution in [0.5, 0.6) is 0 Å². The van der Waals surface area contributed by atoms with Gasteiger partial charge in [-0.3, -0.25) is 9.48 Å². The third-order valence-electron chi connectivity index (χ3n) is 4.54. The zero-order valence-electron chi connectivity index (χ0n) is 12.4. The van der Waals surface area contributed by atoms with Crippen LogP contribution in [0.15, 0.2) is 0 Å². The van der Waals surface area contributed by atoms with Gasteiger partial charge in [-0.05, 0) is 19.3 Å². The number of hydrogen-bond donors (Lipinski definition) is 0. The van der Waals surface area contributed by atoms with Crippen LogP contribution in [0.1, 0.15) is 36.2 Å². The van der Waals surface area contributed by atoms with Gasteiger partial charge in [0.1, 0.15) is 6.54 Å². The molecule has 0 N–H and O–H groups in total. The van der Waals surface area contributed by atoms with Gasteiger partial charge >= 0.3 is 12.1 Å². The molecule has 23 heavy (non-hydrogen) atoms. The molecule has 3 aliphatic rings. The van der Waals surface area contributed by atoms with Crippen LogP contribution in [0.3, 0.4) is 0 Å². The van der Waals surface area contributed by atoms with Crippen molar-refractivity contribution < 1.29 is 22.7 Å². The van der Waals surface area contributed by atoms with E-state index in [1.54, 1.807) is 30.4 Å². The molecule has 1 saturated heterocycles. The van der Waals surface area contributed by atoms with Crippen LogP contribution >= 0.6 is 23.5 Å². The second-order valence-electron chi connectivity index (χ2n) is 5.88. The molecule has 0 aromatic carbocycles. The van der Waals surface area contributed by atoms with E-state index in [9.17, 15) is 18.0 Å². The number of hydrogen-bond acceptors (Lipinski definition) is 5. The van der Waals surface area contributed by atoms with Crippen molar-refractivity contribution in [2.24, 2.45) is 5.92 Å². The molecule has 2 heterocycles. The SMILES string of the molecule is CCOC(=O)Cn1nc(C(F)(F)F)c2c1C1CC1C21SCCS1. The smallest absolute Gasteiger partial charge is 0.435 e. The highest BCUT2D eigenvalue weighted by molar-refractivity contribution is 8.20. The number of ether oxygens (including phenoxy) is 1. The maximum atomic E-state index is 13.5. The minimum absolute atomic E-state index is 0.0983. The molecule has 4 rings (SSSR count). The van der Waals surface area contributed by atoms with Gasteiger partial charge in [0.25, 0.3) is 0 Å². The first-order valence-electron chi connectivity index (χ1n) is 7.50. The van der Waals surface area contributed by atoms with E-state index in [0.29, 0.717) is 11.3 Å². The number of alkyl halides is 3. The van der Waals surface area contributed by atoms with Crippen LogP contribution in [-0.4, -0.2) is 33.9 Å². The Labute approximate surface area is 139 Å². The Bertz CT molecular complexity index is 668. The summed E-state index contributed by atoms with van der Waals surface area (Å²) in [4.78, 5) is 11.7. The van der Waals surface area contributed by atoms with E-state index in [1.807, 2.05) is 0 Å². The van der Waals surface area contributed by atoms with Crippen molar-refractivity contribution in [1.82, 2.24) is 9.78 Å². The molecule has 1 saturated carbocycles. The molecular weight excluding hydrogens is 349 g/mol. The first-order chi connectivity index (χ1) is 10.9. The van der Waals surface area contributed by atoms with Crippen molar-refractivity contribution in [3.8, 4) is 0 Å². The van der Waals surface area contributed by atoms with Crippen molar-refractivity contribution >= 4 is 29.5 Å². The molecule has 9 heteroatoms. The van der Waals surface area contributed by atoms with Gasteiger partial charge in [0.2, 0.25) is 0 Å². The third-order valence-corrected chi connectivity index (χ3v) is 8.19. The number of thioether (sulfide) groups is 2. The number of esters is 1. The van der Waals surface area contributed by atoms with E-state index >= 15 is 0 Å². The van der Waals surface area contributed by atoms with E-state index in [0.717, 1.165) is 17.9 Å². The van der Waals surface area contributed by atoms with Gasteiger partial charge in [-0.2, -0.15) is 18.3 Å². The number of carbonyl (C=O) groups excluding carboxylic acids is 1. The molecule has 126 valence electrons. The van der Waals surface area contributed by atoms with Gasteiger partial charge < -0.3 is 4.74 Å². The lowest BCUT2D eigenvalue weighted by atomic mass is 10.1.